The number of ether oxygens (including phenoxy) is 2. The van der Waals surface area contributed by atoms with Crippen molar-refractivity contribution in [3.63, 3.8) is 0 Å². The predicted molar refractivity (Wildman–Crippen MR) is 130 cm³/mol. The van der Waals surface area contributed by atoms with Crippen LogP contribution >= 0.6 is 0 Å². The van der Waals surface area contributed by atoms with Gasteiger partial charge in [-0.1, -0.05) is 92.2 Å². The molecule has 4 heteroatoms. The molecule has 3 aromatic rings. The molecule has 0 radical (unpaired) electrons. The number of hydrogen-bond acceptors (Lipinski definition) is 4. The van der Waals surface area contributed by atoms with E-state index in [2.05, 4.69) is 79.2 Å². The summed E-state index contributed by atoms with van der Waals surface area (Å²) in [6.07, 6.45) is 0.0103. The highest BCUT2D eigenvalue weighted by molar-refractivity contribution is 5.81. The first-order valence-corrected chi connectivity index (χ1v) is 10.7. The van der Waals surface area contributed by atoms with Crippen molar-refractivity contribution in [1.29, 1.82) is 0 Å². The number of carbonyl (C=O) groups is 2. The number of hydrogen-bond donors (Lipinski definition) is 0. The highest BCUT2D eigenvalue weighted by Gasteiger charge is 2.10. The molecule has 32 heavy (non-hydrogen) atoms. The topological polar surface area (TPSA) is 52.6 Å². The molecule has 0 saturated carbocycles. The third-order valence-corrected chi connectivity index (χ3v) is 4.90. The van der Waals surface area contributed by atoms with Crippen LogP contribution in [0.1, 0.15) is 49.8 Å². The Labute approximate surface area is 192 Å². The summed E-state index contributed by atoms with van der Waals surface area (Å²) in [5.41, 5.74) is 4.01. The monoisotopic (exact) mass is 434 g/mol. The van der Waals surface area contributed by atoms with Crippen molar-refractivity contribution < 1.29 is 19.1 Å². The van der Waals surface area contributed by atoms with Gasteiger partial charge in [0.2, 0.25) is 0 Å². The van der Waals surface area contributed by atoms with E-state index in [0.717, 1.165) is 5.75 Å². The first-order valence-electron chi connectivity index (χ1n) is 10.7. The third-order valence-electron chi connectivity index (χ3n) is 4.90. The van der Waals surface area contributed by atoms with Crippen molar-refractivity contribution in [3.05, 3.63) is 102 Å². The number of carbonyl (C=O) groups excluding carboxylic acids is 2. The maximum absolute atomic E-state index is 10.5. The lowest BCUT2D eigenvalue weighted by Crippen LogP contribution is -2.19. The van der Waals surface area contributed by atoms with Crippen molar-refractivity contribution >= 4 is 12.3 Å². The molecule has 0 aliphatic carbocycles. The van der Waals surface area contributed by atoms with E-state index in [0.29, 0.717) is 18.8 Å². The molecular formula is C28H34O4. The predicted octanol–water partition coefficient (Wildman–Crippen LogP) is 6.37. The summed E-state index contributed by atoms with van der Waals surface area (Å²) in [6, 6.07) is 29.2. The van der Waals surface area contributed by atoms with Crippen molar-refractivity contribution in [2.45, 2.75) is 46.1 Å². The Kier molecular flexibility index (Phi) is 12.8. The van der Waals surface area contributed by atoms with E-state index in [1.807, 2.05) is 24.3 Å². The average molecular weight is 435 g/mol. The minimum Gasteiger partial charge on any atom is -0.497 e. The van der Waals surface area contributed by atoms with E-state index >= 15 is 0 Å². The molecule has 0 saturated heterocycles. The first kappa shape index (κ1) is 26.6. The van der Waals surface area contributed by atoms with Crippen molar-refractivity contribution in [3.8, 4) is 5.75 Å². The van der Waals surface area contributed by atoms with E-state index in [1.54, 1.807) is 14.0 Å². The second-order valence-corrected chi connectivity index (χ2v) is 7.30. The Hall–Kier alpha value is -3.40. The van der Waals surface area contributed by atoms with Crippen LogP contribution in [0.4, 0.5) is 0 Å². The summed E-state index contributed by atoms with van der Waals surface area (Å²) in [5.74, 6) is 1.29. The van der Waals surface area contributed by atoms with Gasteiger partial charge in [0.1, 0.15) is 5.75 Å². The Morgan fingerprint density at radius 3 is 1.66 bits per heavy atom. The molecule has 170 valence electrons. The van der Waals surface area contributed by atoms with Gasteiger partial charge in [-0.3, -0.25) is 9.59 Å². The summed E-state index contributed by atoms with van der Waals surface area (Å²) in [6.45, 7) is 7.78. The molecule has 0 amide bonds. The van der Waals surface area contributed by atoms with E-state index in [1.165, 1.54) is 23.6 Å². The van der Waals surface area contributed by atoms with Gasteiger partial charge in [0.05, 0.1) is 7.11 Å². The molecule has 0 bridgehead atoms. The Morgan fingerprint density at radius 1 is 0.875 bits per heavy atom. The fourth-order valence-corrected chi connectivity index (χ4v) is 2.90. The Morgan fingerprint density at radius 2 is 1.34 bits per heavy atom. The number of methoxy groups -OCH3 is 1. The lowest BCUT2D eigenvalue weighted by Gasteiger charge is -2.11. The van der Waals surface area contributed by atoms with Crippen LogP contribution in [-0.4, -0.2) is 25.5 Å². The average Bonchev–Trinajstić information content (AvgIpc) is 2.84. The molecular weight excluding hydrogens is 400 g/mol. The summed E-state index contributed by atoms with van der Waals surface area (Å²) in [7, 11) is 1.67. The largest absolute Gasteiger partial charge is 0.497 e. The standard InChI is InChI=1S/C14H14.C8H10O.C6H10O3/c1-12(13-8-4-2-5-9-13)14-10-6-3-7-11-14;1-7-3-5-8(9-2)6-4-7;1-3-6(5(2)8)9-4-7/h2-12H,1H3;3-6H,1-2H3;4,6H,3H2,1-2H3. The second kappa shape index (κ2) is 15.4. The van der Waals surface area contributed by atoms with Gasteiger partial charge in [0.15, 0.2) is 11.9 Å². The van der Waals surface area contributed by atoms with Crippen LogP contribution in [0.25, 0.3) is 0 Å². The molecule has 1 atom stereocenters. The van der Waals surface area contributed by atoms with Gasteiger partial charge in [-0.15, -0.1) is 0 Å². The van der Waals surface area contributed by atoms with Crippen LogP contribution in [0.15, 0.2) is 84.9 Å². The van der Waals surface area contributed by atoms with Crippen molar-refractivity contribution in [2.75, 3.05) is 7.11 Å². The molecule has 0 aliphatic rings. The molecule has 3 aromatic carbocycles. The zero-order chi connectivity index (χ0) is 23.8. The fourth-order valence-electron chi connectivity index (χ4n) is 2.90. The van der Waals surface area contributed by atoms with Gasteiger partial charge < -0.3 is 9.47 Å². The number of aryl methyl sites for hydroxylation is 1. The molecule has 0 N–H and O–H groups in total. The molecule has 0 heterocycles. The van der Waals surface area contributed by atoms with Gasteiger partial charge in [-0.05, 0) is 43.5 Å². The maximum Gasteiger partial charge on any atom is 0.293 e. The van der Waals surface area contributed by atoms with Crippen molar-refractivity contribution in [1.82, 2.24) is 0 Å². The number of ketones is 1. The smallest absolute Gasteiger partial charge is 0.293 e. The summed E-state index contributed by atoms with van der Waals surface area (Å²) in [5, 5.41) is 0. The van der Waals surface area contributed by atoms with Crippen LogP contribution in [0.5, 0.6) is 5.75 Å². The minimum absolute atomic E-state index is 0.107. The van der Waals surface area contributed by atoms with Gasteiger partial charge >= 0.3 is 0 Å². The molecule has 0 aliphatic heterocycles. The third kappa shape index (κ3) is 10.1. The molecule has 1 unspecified atom stereocenters. The van der Waals surface area contributed by atoms with E-state index in [4.69, 9.17) is 4.74 Å². The quantitative estimate of drug-likeness (QED) is 0.406. The Bertz CT molecular complexity index is 850. The summed E-state index contributed by atoms with van der Waals surface area (Å²) < 4.78 is 9.39. The van der Waals surface area contributed by atoms with E-state index in [-0.39, 0.29) is 5.78 Å². The van der Waals surface area contributed by atoms with Gasteiger partial charge in [0, 0.05) is 5.92 Å². The molecule has 0 aromatic heterocycles. The normalized spacial score (nSPS) is 10.6. The first-order chi connectivity index (χ1) is 15.4. The van der Waals surface area contributed by atoms with Gasteiger partial charge in [-0.2, -0.15) is 0 Å². The number of Topliss-reactive ketones (excluding diaryl/α,β-unsaturated/α-hetero) is 1. The summed E-state index contributed by atoms with van der Waals surface area (Å²) >= 11 is 0. The zero-order valence-corrected chi connectivity index (χ0v) is 19.7. The van der Waals surface area contributed by atoms with Crippen LogP contribution in [0.2, 0.25) is 0 Å². The molecule has 3 rings (SSSR count). The fraction of sp³-hybridized carbons (Fsp3) is 0.286. The highest BCUT2D eigenvalue weighted by atomic mass is 16.5. The Balaban J connectivity index is 0.000000252. The van der Waals surface area contributed by atoms with Gasteiger partial charge in [-0.25, -0.2) is 0 Å². The number of benzene rings is 3. The van der Waals surface area contributed by atoms with E-state index < -0.39 is 6.10 Å². The highest BCUT2D eigenvalue weighted by Crippen LogP contribution is 2.22. The lowest BCUT2D eigenvalue weighted by molar-refractivity contribution is -0.142. The van der Waals surface area contributed by atoms with Gasteiger partial charge in [0.25, 0.3) is 6.47 Å². The number of rotatable bonds is 7. The molecule has 4 nitrogen and oxygen atoms in total. The molecule has 0 spiro atoms. The second-order valence-electron chi connectivity index (χ2n) is 7.30. The van der Waals surface area contributed by atoms with Crippen LogP contribution < -0.4 is 4.74 Å². The summed E-state index contributed by atoms with van der Waals surface area (Å²) in [4.78, 5) is 20.2. The van der Waals surface area contributed by atoms with Crippen molar-refractivity contribution in [2.24, 2.45) is 0 Å². The van der Waals surface area contributed by atoms with E-state index in [9.17, 15) is 9.59 Å². The minimum atomic E-state index is -0.539. The SMILES string of the molecule is CC(c1ccccc1)c1ccccc1.CCC(OC=O)C(C)=O.COc1ccc(C)cc1. The zero-order valence-electron chi connectivity index (χ0n) is 19.7. The maximum atomic E-state index is 10.5. The lowest BCUT2D eigenvalue weighted by atomic mass is 9.93. The van der Waals surface area contributed by atoms with Crippen LogP contribution in [0, 0.1) is 6.92 Å². The van der Waals surface area contributed by atoms with Crippen LogP contribution in [-0.2, 0) is 14.3 Å². The van der Waals surface area contributed by atoms with Crippen LogP contribution in [0.3, 0.4) is 0 Å². The molecule has 0 fully saturated rings.